The van der Waals surface area contributed by atoms with E-state index in [9.17, 15) is 4.79 Å². The zero-order chi connectivity index (χ0) is 9.26. The molecule has 1 aromatic heterocycles. The number of aromatic carboxylic acids is 1. The maximum atomic E-state index is 10.8. The zero-order valence-corrected chi connectivity index (χ0v) is 7.88. The van der Waals surface area contributed by atoms with Gasteiger partial charge in [0.1, 0.15) is 0 Å². The number of hydrogen-bond donors (Lipinski definition) is 1. The lowest BCUT2D eigenvalue weighted by Crippen LogP contribution is -2.19. The number of rotatable bonds is 2. The van der Waals surface area contributed by atoms with Crippen molar-refractivity contribution in [2.45, 2.75) is 12.8 Å². The minimum absolute atomic E-state index is 0.363. The third kappa shape index (κ3) is 1.51. The molecule has 0 bridgehead atoms. The maximum Gasteiger partial charge on any atom is 0.349 e. The van der Waals surface area contributed by atoms with Gasteiger partial charge in [0.05, 0.1) is 11.9 Å². The van der Waals surface area contributed by atoms with Gasteiger partial charge in [-0.15, -0.1) is 0 Å². The summed E-state index contributed by atoms with van der Waals surface area (Å²) >= 11 is 1.05. The third-order valence-electron chi connectivity index (χ3n) is 2.19. The highest BCUT2D eigenvalue weighted by atomic mass is 32.1. The van der Waals surface area contributed by atoms with Gasteiger partial charge in [0, 0.05) is 13.1 Å². The van der Waals surface area contributed by atoms with Crippen LogP contribution in [0.5, 0.6) is 0 Å². The van der Waals surface area contributed by atoms with Crippen LogP contribution in [-0.2, 0) is 0 Å². The summed E-state index contributed by atoms with van der Waals surface area (Å²) in [7, 11) is 0. The summed E-state index contributed by atoms with van der Waals surface area (Å²) in [5, 5.41) is 8.86. The molecule has 0 atom stereocenters. The Kier molecular flexibility index (Phi) is 2.18. The van der Waals surface area contributed by atoms with E-state index in [1.165, 1.54) is 0 Å². The van der Waals surface area contributed by atoms with E-state index in [-0.39, 0.29) is 0 Å². The molecular formula is C8H10N2O2S. The largest absolute Gasteiger partial charge is 0.477 e. The molecule has 5 heteroatoms. The fourth-order valence-corrected chi connectivity index (χ4v) is 2.18. The standard InChI is InChI=1S/C8H10N2O2S/c11-8(12)7-6(5-9-13-7)10-3-1-2-4-10/h5H,1-4H2,(H,11,12). The van der Waals surface area contributed by atoms with E-state index >= 15 is 0 Å². The smallest absolute Gasteiger partial charge is 0.349 e. The average molecular weight is 198 g/mol. The molecule has 0 radical (unpaired) electrons. The second kappa shape index (κ2) is 3.33. The highest BCUT2D eigenvalue weighted by Crippen LogP contribution is 2.26. The lowest BCUT2D eigenvalue weighted by molar-refractivity contribution is 0.0703. The first kappa shape index (κ1) is 8.50. The normalized spacial score (nSPS) is 16.5. The van der Waals surface area contributed by atoms with Crippen molar-refractivity contribution in [2.24, 2.45) is 0 Å². The number of nitrogens with zero attached hydrogens (tertiary/aromatic N) is 2. The van der Waals surface area contributed by atoms with E-state index in [0.29, 0.717) is 4.88 Å². The van der Waals surface area contributed by atoms with Crippen LogP contribution in [0.2, 0.25) is 0 Å². The van der Waals surface area contributed by atoms with E-state index in [1.54, 1.807) is 6.20 Å². The summed E-state index contributed by atoms with van der Waals surface area (Å²) in [6, 6.07) is 0. The molecular weight excluding hydrogens is 188 g/mol. The van der Waals surface area contributed by atoms with Gasteiger partial charge < -0.3 is 10.0 Å². The minimum atomic E-state index is -0.871. The van der Waals surface area contributed by atoms with Gasteiger partial charge in [-0.05, 0) is 24.4 Å². The van der Waals surface area contributed by atoms with Gasteiger partial charge >= 0.3 is 5.97 Å². The molecule has 0 aromatic carbocycles. The zero-order valence-electron chi connectivity index (χ0n) is 7.06. The first-order valence-electron chi connectivity index (χ1n) is 4.22. The molecule has 2 rings (SSSR count). The van der Waals surface area contributed by atoms with E-state index < -0.39 is 5.97 Å². The summed E-state index contributed by atoms with van der Waals surface area (Å²) in [6.07, 6.45) is 3.95. The van der Waals surface area contributed by atoms with E-state index in [1.807, 2.05) is 0 Å². The second-order valence-corrected chi connectivity index (χ2v) is 3.84. The molecule has 4 nitrogen and oxygen atoms in total. The van der Waals surface area contributed by atoms with Crippen LogP contribution >= 0.6 is 11.5 Å². The number of hydrogen-bond acceptors (Lipinski definition) is 4. The van der Waals surface area contributed by atoms with Crippen molar-refractivity contribution in [3.8, 4) is 0 Å². The molecule has 0 amide bonds. The molecule has 0 aliphatic carbocycles. The fraction of sp³-hybridized carbons (Fsp3) is 0.500. The average Bonchev–Trinajstić information content (AvgIpc) is 2.74. The predicted octanol–water partition coefficient (Wildman–Crippen LogP) is 1.44. The monoisotopic (exact) mass is 198 g/mol. The Labute approximate surface area is 80.0 Å². The van der Waals surface area contributed by atoms with Crippen LogP contribution in [-0.4, -0.2) is 28.5 Å². The number of carboxylic acids is 1. The molecule has 1 saturated heterocycles. The maximum absolute atomic E-state index is 10.8. The number of carbonyl (C=O) groups is 1. The molecule has 1 aliphatic heterocycles. The Hall–Kier alpha value is -1.10. The van der Waals surface area contributed by atoms with Crippen LogP contribution in [0, 0.1) is 0 Å². The molecule has 2 heterocycles. The van der Waals surface area contributed by atoms with E-state index in [0.717, 1.165) is 43.2 Å². The predicted molar refractivity (Wildman–Crippen MR) is 50.5 cm³/mol. The first-order valence-corrected chi connectivity index (χ1v) is 4.99. The van der Waals surface area contributed by atoms with Crippen LogP contribution in [0.3, 0.4) is 0 Å². The molecule has 1 N–H and O–H groups in total. The van der Waals surface area contributed by atoms with Crippen molar-refractivity contribution in [3.63, 3.8) is 0 Å². The Balaban J connectivity index is 2.28. The van der Waals surface area contributed by atoms with Gasteiger partial charge in [-0.2, -0.15) is 4.37 Å². The van der Waals surface area contributed by atoms with Crippen molar-refractivity contribution >= 4 is 23.2 Å². The fourth-order valence-electron chi connectivity index (χ4n) is 1.57. The summed E-state index contributed by atoms with van der Waals surface area (Å²) in [6.45, 7) is 1.91. The number of carboxylic acid groups (broad SMARTS) is 1. The lowest BCUT2D eigenvalue weighted by Gasteiger charge is -2.15. The Morgan fingerprint density at radius 1 is 1.54 bits per heavy atom. The third-order valence-corrected chi connectivity index (χ3v) is 2.97. The summed E-state index contributed by atoms with van der Waals surface area (Å²) in [5.74, 6) is -0.871. The highest BCUT2D eigenvalue weighted by Gasteiger charge is 2.20. The second-order valence-electron chi connectivity index (χ2n) is 3.04. The molecule has 0 spiro atoms. The van der Waals surface area contributed by atoms with Gasteiger partial charge in [-0.1, -0.05) is 0 Å². The molecule has 1 aliphatic rings. The first-order chi connectivity index (χ1) is 6.29. The van der Waals surface area contributed by atoms with Crippen molar-refractivity contribution in [3.05, 3.63) is 11.1 Å². The van der Waals surface area contributed by atoms with Crippen molar-refractivity contribution in [1.29, 1.82) is 0 Å². The quantitative estimate of drug-likeness (QED) is 0.781. The molecule has 0 saturated carbocycles. The van der Waals surface area contributed by atoms with Crippen LogP contribution in [0.25, 0.3) is 0 Å². The minimum Gasteiger partial charge on any atom is -0.477 e. The van der Waals surface area contributed by atoms with Gasteiger partial charge in [0.15, 0.2) is 4.88 Å². The number of aromatic nitrogens is 1. The highest BCUT2D eigenvalue weighted by molar-refractivity contribution is 7.08. The Morgan fingerprint density at radius 3 is 2.85 bits per heavy atom. The van der Waals surface area contributed by atoms with E-state index in [2.05, 4.69) is 9.27 Å². The summed E-state index contributed by atoms with van der Waals surface area (Å²) in [4.78, 5) is 13.2. The molecule has 1 aromatic rings. The van der Waals surface area contributed by atoms with Gasteiger partial charge in [0.2, 0.25) is 0 Å². The molecule has 70 valence electrons. The van der Waals surface area contributed by atoms with Crippen molar-refractivity contribution < 1.29 is 9.90 Å². The van der Waals surface area contributed by atoms with Gasteiger partial charge in [0.25, 0.3) is 0 Å². The van der Waals surface area contributed by atoms with Crippen LogP contribution in [0.1, 0.15) is 22.5 Å². The van der Waals surface area contributed by atoms with Crippen LogP contribution < -0.4 is 4.90 Å². The van der Waals surface area contributed by atoms with Gasteiger partial charge in [-0.3, -0.25) is 0 Å². The number of anilines is 1. The Morgan fingerprint density at radius 2 is 2.23 bits per heavy atom. The Bertz CT molecular complexity index is 318. The summed E-state index contributed by atoms with van der Waals surface area (Å²) < 4.78 is 3.91. The van der Waals surface area contributed by atoms with E-state index in [4.69, 9.17) is 5.11 Å². The lowest BCUT2D eigenvalue weighted by atomic mass is 10.4. The SMILES string of the molecule is O=C(O)c1sncc1N1CCCC1. The van der Waals surface area contributed by atoms with Crippen LogP contribution in [0.4, 0.5) is 5.69 Å². The molecule has 13 heavy (non-hydrogen) atoms. The van der Waals surface area contributed by atoms with Gasteiger partial charge in [-0.25, -0.2) is 4.79 Å². The van der Waals surface area contributed by atoms with Crippen molar-refractivity contribution in [1.82, 2.24) is 4.37 Å². The molecule has 1 fully saturated rings. The van der Waals surface area contributed by atoms with Crippen molar-refractivity contribution in [2.75, 3.05) is 18.0 Å². The van der Waals surface area contributed by atoms with Crippen LogP contribution in [0.15, 0.2) is 6.20 Å². The topological polar surface area (TPSA) is 53.4 Å². The molecule has 0 unspecified atom stereocenters. The summed E-state index contributed by atoms with van der Waals surface area (Å²) in [5.41, 5.74) is 0.787.